The number of carbonyl (C=O) groups is 1. The summed E-state index contributed by atoms with van der Waals surface area (Å²) in [7, 11) is 0. The molecule has 2 nitrogen and oxygen atoms in total. The Labute approximate surface area is 88.5 Å². The number of hydrogen-bond acceptors (Lipinski definition) is 1. The Balaban J connectivity index is 3.32. The Morgan fingerprint density at radius 2 is 1.86 bits per heavy atom. The summed E-state index contributed by atoms with van der Waals surface area (Å²) in [6.07, 6.45) is 6.52. The second-order valence-corrected chi connectivity index (χ2v) is 3.92. The fourth-order valence-corrected chi connectivity index (χ4v) is 1.63. The molecule has 84 valence electrons. The van der Waals surface area contributed by atoms with E-state index in [0.717, 1.165) is 25.3 Å². The van der Waals surface area contributed by atoms with Crippen LogP contribution in [-0.4, -0.2) is 12.5 Å². The number of amides is 1. The quantitative estimate of drug-likeness (QED) is 0.598. The van der Waals surface area contributed by atoms with Crippen LogP contribution in [-0.2, 0) is 4.79 Å². The zero-order chi connectivity index (χ0) is 10.8. The van der Waals surface area contributed by atoms with Crippen molar-refractivity contribution in [2.45, 2.75) is 59.3 Å². The molecule has 1 N–H and O–H groups in total. The van der Waals surface area contributed by atoms with Crippen molar-refractivity contribution in [3.8, 4) is 0 Å². The second kappa shape index (κ2) is 9.04. The number of nitrogens with one attached hydrogen (secondary N) is 1. The highest BCUT2D eigenvalue weighted by Crippen LogP contribution is 2.13. The van der Waals surface area contributed by atoms with E-state index < -0.39 is 0 Å². The lowest BCUT2D eigenvalue weighted by Crippen LogP contribution is -2.24. The summed E-state index contributed by atoms with van der Waals surface area (Å²) in [4.78, 5) is 11.1. The van der Waals surface area contributed by atoms with Crippen LogP contribution in [0, 0.1) is 5.92 Å². The minimum atomic E-state index is 0.206. The molecule has 0 aliphatic heterocycles. The summed E-state index contributed by atoms with van der Waals surface area (Å²) in [5.41, 5.74) is 0. The predicted octanol–water partition coefficient (Wildman–Crippen LogP) is 3.12. The molecule has 0 saturated heterocycles. The first-order valence-electron chi connectivity index (χ1n) is 6.01. The molecule has 0 unspecified atom stereocenters. The van der Waals surface area contributed by atoms with Crippen LogP contribution in [0.2, 0.25) is 0 Å². The third-order valence-corrected chi connectivity index (χ3v) is 2.74. The molecule has 2 heteroatoms. The molecule has 0 heterocycles. The summed E-state index contributed by atoms with van der Waals surface area (Å²) in [6, 6.07) is 0. The van der Waals surface area contributed by atoms with Gasteiger partial charge in [-0.15, -0.1) is 0 Å². The summed E-state index contributed by atoms with van der Waals surface area (Å²) >= 11 is 0. The molecule has 0 radical (unpaired) electrons. The van der Waals surface area contributed by atoms with Gasteiger partial charge in [0, 0.05) is 13.0 Å². The molecule has 0 saturated carbocycles. The molecule has 0 aliphatic rings. The Bertz CT molecular complexity index is 141. The smallest absolute Gasteiger partial charge is 0.219 e. The van der Waals surface area contributed by atoms with E-state index in [4.69, 9.17) is 0 Å². The SMILES string of the molecule is CCCC(=O)NCCCC(CC)CC. The van der Waals surface area contributed by atoms with E-state index in [2.05, 4.69) is 19.2 Å². The zero-order valence-electron chi connectivity index (χ0n) is 9.94. The van der Waals surface area contributed by atoms with Crippen molar-refractivity contribution in [3.05, 3.63) is 0 Å². The van der Waals surface area contributed by atoms with E-state index in [0.29, 0.717) is 6.42 Å². The highest BCUT2D eigenvalue weighted by atomic mass is 16.1. The largest absolute Gasteiger partial charge is 0.356 e. The van der Waals surface area contributed by atoms with Crippen LogP contribution < -0.4 is 5.32 Å². The summed E-state index contributed by atoms with van der Waals surface area (Å²) in [6.45, 7) is 7.37. The van der Waals surface area contributed by atoms with E-state index in [1.165, 1.54) is 19.3 Å². The Morgan fingerprint density at radius 1 is 1.21 bits per heavy atom. The van der Waals surface area contributed by atoms with Crippen molar-refractivity contribution in [1.82, 2.24) is 5.32 Å². The van der Waals surface area contributed by atoms with Crippen molar-refractivity contribution in [3.63, 3.8) is 0 Å². The summed E-state index contributed by atoms with van der Waals surface area (Å²) < 4.78 is 0. The molecular weight excluding hydrogens is 174 g/mol. The van der Waals surface area contributed by atoms with Gasteiger partial charge in [0.05, 0.1) is 0 Å². The van der Waals surface area contributed by atoms with Gasteiger partial charge in [0.15, 0.2) is 0 Å². The lowest BCUT2D eigenvalue weighted by atomic mass is 9.98. The molecule has 0 aromatic heterocycles. The minimum absolute atomic E-state index is 0.206. The third-order valence-electron chi connectivity index (χ3n) is 2.74. The molecule has 0 aromatic carbocycles. The van der Waals surface area contributed by atoms with Crippen molar-refractivity contribution >= 4 is 5.91 Å². The van der Waals surface area contributed by atoms with Gasteiger partial charge in [-0.25, -0.2) is 0 Å². The van der Waals surface area contributed by atoms with E-state index in [1.54, 1.807) is 0 Å². The highest BCUT2D eigenvalue weighted by Gasteiger charge is 2.03. The molecule has 0 aromatic rings. The van der Waals surface area contributed by atoms with Crippen molar-refractivity contribution in [2.75, 3.05) is 6.54 Å². The van der Waals surface area contributed by atoms with Gasteiger partial charge in [0.2, 0.25) is 5.91 Å². The Hall–Kier alpha value is -0.530. The van der Waals surface area contributed by atoms with Crippen LogP contribution in [0.1, 0.15) is 59.3 Å². The van der Waals surface area contributed by atoms with Gasteiger partial charge in [-0.2, -0.15) is 0 Å². The maximum absolute atomic E-state index is 11.1. The topological polar surface area (TPSA) is 29.1 Å². The van der Waals surface area contributed by atoms with Crippen LogP contribution in [0.15, 0.2) is 0 Å². The van der Waals surface area contributed by atoms with Gasteiger partial charge < -0.3 is 5.32 Å². The molecular formula is C12H25NO. The molecule has 0 atom stereocenters. The normalized spacial score (nSPS) is 10.6. The van der Waals surface area contributed by atoms with Gasteiger partial charge in [-0.05, 0) is 25.2 Å². The summed E-state index contributed by atoms with van der Waals surface area (Å²) in [5.74, 6) is 1.05. The lowest BCUT2D eigenvalue weighted by molar-refractivity contribution is -0.121. The monoisotopic (exact) mass is 199 g/mol. The van der Waals surface area contributed by atoms with E-state index in [-0.39, 0.29) is 5.91 Å². The maximum Gasteiger partial charge on any atom is 0.219 e. The van der Waals surface area contributed by atoms with Crippen LogP contribution in [0.4, 0.5) is 0 Å². The van der Waals surface area contributed by atoms with Crippen LogP contribution in [0.5, 0.6) is 0 Å². The Kier molecular flexibility index (Phi) is 8.70. The zero-order valence-corrected chi connectivity index (χ0v) is 9.94. The second-order valence-electron chi connectivity index (χ2n) is 3.92. The van der Waals surface area contributed by atoms with Gasteiger partial charge in [0.25, 0.3) is 0 Å². The van der Waals surface area contributed by atoms with E-state index in [9.17, 15) is 4.79 Å². The molecule has 14 heavy (non-hydrogen) atoms. The first-order valence-corrected chi connectivity index (χ1v) is 6.01. The number of hydrogen-bond donors (Lipinski definition) is 1. The molecule has 0 aliphatic carbocycles. The fraction of sp³-hybridized carbons (Fsp3) is 0.917. The van der Waals surface area contributed by atoms with Crippen molar-refractivity contribution in [1.29, 1.82) is 0 Å². The molecule has 0 spiro atoms. The van der Waals surface area contributed by atoms with Gasteiger partial charge in [-0.1, -0.05) is 33.6 Å². The Morgan fingerprint density at radius 3 is 2.36 bits per heavy atom. The fourth-order valence-electron chi connectivity index (χ4n) is 1.63. The molecule has 0 bridgehead atoms. The minimum Gasteiger partial charge on any atom is -0.356 e. The molecule has 1 amide bonds. The van der Waals surface area contributed by atoms with Crippen molar-refractivity contribution in [2.24, 2.45) is 5.92 Å². The third kappa shape index (κ3) is 6.93. The van der Waals surface area contributed by atoms with Crippen LogP contribution in [0.3, 0.4) is 0 Å². The number of carbonyl (C=O) groups excluding carboxylic acids is 1. The highest BCUT2D eigenvalue weighted by molar-refractivity contribution is 5.75. The molecule has 0 fully saturated rings. The average molecular weight is 199 g/mol. The van der Waals surface area contributed by atoms with E-state index in [1.807, 2.05) is 6.92 Å². The van der Waals surface area contributed by atoms with Crippen molar-refractivity contribution < 1.29 is 4.79 Å². The van der Waals surface area contributed by atoms with Gasteiger partial charge >= 0.3 is 0 Å². The standard InChI is InChI=1S/C12H25NO/c1-4-8-12(14)13-10-7-9-11(5-2)6-3/h11H,4-10H2,1-3H3,(H,13,14). The predicted molar refractivity (Wildman–Crippen MR) is 61.2 cm³/mol. The van der Waals surface area contributed by atoms with Crippen LogP contribution >= 0.6 is 0 Å². The van der Waals surface area contributed by atoms with E-state index >= 15 is 0 Å². The first kappa shape index (κ1) is 13.5. The summed E-state index contributed by atoms with van der Waals surface area (Å²) in [5, 5.41) is 2.95. The number of rotatable bonds is 8. The average Bonchev–Trinajstić information content (AvgIpc) is 2.19. The lowest BCUT2D eigenvalue weighted by Gasteiger charge is -2.11. The van der Waals surface area contributed by atoms with Crippen LogP contribution in [0.25, 0.3) is 0 Å². The maximum atomic E-state index is 11.1. The molecule has 0 rings (SSSR count). The first-order chi connectivity index (χ1) is 6.74. The van der Waals surface area contributed by atoms with Gasteiger partial charge in [-0.3, -0.25) is 4.79 Å². The van der Waals surface area contributed by atoms with Gasteiger partial charge in [0.1, 0.15) is 0 Å².